The minimum atomic E-state index is -0.129. The first kappa shape index (κ1) is 12.2. The SMILES string of the molecule is COc1nc(C)cc(=O)n1Cc1ccc(N)cc1. The Morgan fingerprint density at radius 1 is 1.33 bits per heavy atom. The molecule has 5 heteroatoms. The fraction of sp³-hybridized carbons (Fsp3) is 0.231. The van der Waals surface area contributed by atoms with E-state index < -0.39 is 0 Å². The third-order valence-corrected chi connectivity index (χ3v) is 2.60. The van der Waals surface area contributed by atoms with Gasteiger partial charge in [0, 0.05) is 17.4 Å². The Morgan fingerprint density at radius 3 is 2.61 bits per heavy atom. The van der Waals surface area contributed by atoms with Crippen molar-refractivity contribution in [2.24, 2.45) is 0 Å². The minimum Gasteiger partial charge on any atom is -0.468 e. The summed E-state index contributed by atoms with van der Waals surface area (Å²) in [6.07, 6.45) is 0. The van der Waals surface area contributed by atoms with Crippen LogP contribution in [0.2, 0.25) is 0 Å². The number of hydrogen-bond acceptors (Lipinski definition) is 4. The molecule has 1 aromatic heterocycles. The summed E-state index contributed by atoms with van der Waals surface area (Å²) >= 11 is 0. The van der Waals surface area contributed by atoms with E-state index in [1.807, 2.05) is 12.1 Å². The van der Waals surface area contributed by atoms with Gasteiger partial charge in [0.25, 0.3) is 11.6 Å². The predicted octanol–water partition coefficient (Wildman–Crippen LogP) is 1.19. The van der Waals surface area contributed by atoms with E-state index in [9.17, 15) is 4.79 Å². The van der Waals surface area contributed by atoms with E-state index in [2.05, 4.69) is 4.98 Å². The number of rotatable bonds is 3. The Balaban J connectivity index is 2.39. The Labute approximate surface area is 105 Å². The monoisotopic (exact) mass is 245 g/mol. The number of anilines is 1. The molecular formula is C13H15N3O2. The van der Waals surface area contributed by atoms with Crippen molar-refractivity contribution in [3.63, 3.8) is 0 Å². The molecule has 0 aliphatic carbocycles. The zero-order valence-corrected chi connectivity index (χ0v) is 10.4. The zero-order chi connectivity index (χ0) is 13.1. The number of hydrogen-bond donors (Lipinski definition) is 1. The fourth-order valence-electron chi connectivity index (χ4n) is 1.70. The molecule has 0 atom stereocenters. The number of methoxy groups -OCH3 is 1. The first-order chi connectivity index (χ1) is 8.60. The normalized spacial score (nSPS) is 10.3. The standard InChI is InChI=1S/C13H15N3O2/c1-9-7-12(17)16(13(15-9)18-2)8-10-3-5-11(14)6-4-10/h3-7H,8,14H2,1-2H3. The summed E-state index contributed by atoms with van der Waals surface area (Å²) in [7, 11) is 1.50. The van der Waals surface area contributed by atoms with Crippen LogP contribution in [-0.4, -0.2) is 16.7 Å². The van der Waals surface area contributed by atoms with E-state index >= 15 is 0 Å². The molecule has 0 aliphatic rings. The highest BCUT2D eigenvalue weighted by atomic mass is 16.5. The first-order valence-corrected chi connectivity index (χ1v) is 5.57. The molecule has 0 amide bonds. The molecule has 18 heavy (non-hydrogen) atoms. The second kappa shape index (κ2) is 4.91. The summed E-state index contributed by atoms with van der Waals surface area (Å²) in [6, 6.07) is 9.15. The summed E-state index contributed by atoms with van der Waals surface area (Å²) in [4.78, 5) is 16.1. The lowest BCUT2D eigenvalue weighted by molar-refractivity contribution is 0.350. The van der Waals surface area contributed by atoms with Crippen LogP contribution in [0.25, 0.3) is 0 Å². The molecule has 5 nitrogen and oxygen atoms in total. The van der Waals surface area contributed by atoms with E-state index in [4.69, 9.17) is 10.5 Å². The van der Waals surface area contributed by atoms with Gasteiger partial charge in [0.2, 0.25) is 0 Å². The zero-order valence-electron chi connectivity index (χ0n) is 10.4. The topological polar surface area (TPSA) is 70.1 Å². The van der Waals surface area contributed by atoms with Crippen molar-refractivity contribution in [2.75, 3.05) is 12.8 Å². The Bertz CT molecular complexity index is 603. The molecule has 2 rings (SSSR count). The fourth-order valence-corrected chi connectivity index (χ4v) is 1.70. The average molecular weight is 245 g/mol. The third-order valence-electron chi connectivity index (χ3n) is 2.60. The number of aryl methyl sites for hydroxylation is 1. The molecule has 0 radical (unpaired) electrons. The molecule has 0 aliphatic heterocycles. The lowest BCUT2D eigenvalue weighted by Gasteiger charge is -2.11. The highest BCUT2D eigenvalue weighted by Gasteiger charge is 2.07. The van der Waals surface area contributed by atoms with E-state index in [0.29, 0.717) is 23.9 Å². The Kier molecular flexibility index (Phi) is 3.32. The van der Waals surface area contributed by atoms with Crippen LogP contribution in [0.3, 0.4) is 0 Å². The van der Waals surface area contributed by atoms with Crippen LogP contribution in [0.4, 0.5) is 5.69 Å². The van der Waals surface area contributed by atoms with E-state index in [-0.39, 0.29) is 5.56 Å². The molecule has 2 aromatic rings. The van der Waals surface area contributed by atoms with Crippen LogP contribution < -0.4 is 16.0 Å². The molecule has 94 valence electrons. The summed E-state index contributed by atoms with van der Waals surface area (Å²) < 4.78 is 6.61. The number of aromatic nitrogens is 2. The van der Waals surface area contributed by atoms with Gasteiger partial charge in [0.15, 0.2) is 0 Å². The predicted molar refractivity (Wildman–Crippen MR) is 69.7 cm³/mol. The number of nitrogens with zero attached hydrogens (tertiary/aromatic N) is 2. The molecule has 0 saturated heterocycles. The van der Waals surface area contributed by atoms with Gasteiger partial charge in [-0.3, -0.25) is 9.36 Å². The van der Waals surface area contributed by atoms with Gasteiger partial charge < -0.3 is 10.5 Å². The summed E-state index contributed by atoms with van der Waals surface area (Å²) in [6.45, 7) is 2.17. The highest BCUT2D eigenvalue weighted by Crippen LogP contribution is 2.10. The second-order valence-corrected chi connectivity index (χ2v) is 4.05. The van der Waals surface area contributed by atoms with Crippen molar-refractivity contribution in [1.29, 1.82) is 0 Å². The maximum absolute atomic E-state index is 11.9. The molecule has 0 saturated carbocycles. The molecule has 2 N–H and O–H groups in total. The van der Waals surface area contributed by atoms with Crippen molar-refractivity contribution in [3.8, 4) is 6.01 Å². The lowest BCUT2D eigenvalue weighted by atomic mass is 10.2. The van der Waals surface area contributed by atoms with Gasteiger partial charge >= 0.3 is 0 Å². The molecule has 0 fully saturated rings. The van der Waals surface area contributed by atoms with Crippen molar-refractivity contribution in [1.82, 2.24) is 9.55 Å². The lowest BCUT2D eigenvalue weighted by Crippen LogP contribution is -2.23. The number of ether oxygens (including phenoxy) is 1. The highest BCUT2D eigenvalue weighted by molar-refractivity contribution is 5.39. The minimum absolute atomic E-state index is 0.129. The third kappa shape index (κ3) is 2.51. The van der Waals surface area contributed by atoms with Crippen LogP contribution in [0.1, 0.15) is 11.3 Å². The smallest absolute Gasteiger partial charge is 0.299 e. The molecule has 0 spiro atoms. The molecule has 1 heterocycles. The summed E-state index contributed by atoms with van der Waals surface area (Å²) in [5.74, 6) is 0. The van der Waals surface area contributed by atoms with Crippen LogP contribution >= 0.6 is 0 Å². The van der Waals surface area contributed by atoms with Gasteiger partial charge in [-0.2, -0.15) is 0 Å². The van der Waals surface area contributed by atoms with Gasteiger partial charge in [-0.15, -0.1) is 0 Å². The Morgan fingerprint density at radius 2 is 2.00 bits per heavy atom. The molecule has 1 aromatic carbocycles. The van der Waals surface area contributed by atoms with Gasteiger partial charge in [-0.25, -0.2) is 4.98 Å². The van der Waals surface area contributed by atoms with Crippen LogP contribution in [-0.2, 0) is 6.54 Å². The van der Waals surface area contributed by atoms with Crippen molar-refractivity contribution >= 4 is 5.69 Å². The van der Waals surface area contributed by atoms with Gasteiger partial charge in [0.05, 0.1) is 13.7 Å². The van der Waals surface area contributed by atoms with E-state index in [1.165, 1.54) is 17.7 Å². The van der Waals surface area contributed by atoms with E-state index in [1.54, 1.807) is 19.1 Å². The van der Waals surface area contributed by atoms with Crippen LogP contribution in [0.5, 0.6) is 6.01 Å². The van der Waals surface area contributed by atoms with Crippen molar-refractivity contribution in [3.05, 3.63) is 51.9 Å². The largest absolute Gasteiger partial charge is 0.468 e. The Hall–Kier alpha value is -2.30. The van der Waals surface area contributed by atoms with Gasteiger partial charge in [-0.1, -0.05) is 12.1 Å². The maximum atomic E-state index is 11.9. The van der Waals surface area contributed by atoms with Crippen molar-refractivity contribution < 1.29 is 4.74 Å². The van der Waals surface area contributed by atoms with Crippen LogP contribution in [0.15, 0.2) is 35.1 Å². The quantitative estimate of drug-likeness (QED) is 0.825. The first-order valence-electron chi connectivity index (χ1n) is 5.57. The van der Waals surface area contributed by atoms with Gasteiger partial charge in [-0.05, 0) is 24.6 Å². The summed E-state index contributed by atoms with van der Waals surface area (Å²) in [5.41, 5.74) is 7.80. The second-order valence-electron chi connectivity index (χ2n) is 4.05. The molecule has 0 unspecified atom stereocenters. The number of nitrogen functional groups attached to an aromatic ring is 1. The number of nitrogens with two attached hydrogens (primary N) is 1. The van der Waals surface area contributed by atoms with Crippen molar-refractivity contribution in [2.45, 2.75) is 13.5 Å². The maximum Gasteiger partial charge on any atom is 0.299 e. The molecular weight excluding hydrogens is 230 g/mol. The summed E-state index contributed by atoms with van der Waals surface area (Å²) in [5, 5.41) is 0. The van der Waals surface area contributed by atoms with Crippen LogP contribution in [0, 0.1) is 6.92 Å². The average Bonchev–Trinajstić information content (AvgIpc) is 2.34. The van der Waals surface area contributed by atoms with E-state index in [0.717, 1.165) is 5.56 Å². The molecule has 0 bridgehead atoms. The van der Waals surface area contributed by atoms with Gasteiger partial charge in [0.1, 0.15) is 0 Å². The number of benzene rings is 1.